The van der Waals surface area contributed by atoms with Crippen molar-refractivity contribution in [1.29, 1.82) is 0 Å². The van der Waals surface area contributed by atoms with Crippen molar-refractivity contribution < 1.29 is 14.3 Å². The summed E-state index contributed by atoms with van der Waals surface area (Å²) in [5.74, 6) is 2.13. The number of benzene rings is 1. The molecule has 2 heterocycles. The zero-order chi connectivity index (χ0) is 23.8. The first-order valence-corrected chi connectivity index (χ1v) is 10.8. The molecule has 0 unspecified atom stereocenters. The van der Waals surface area contributed by atoms with E-state index in [4.69, 9.17) is 21.1 Å². The van der Waals surface area contributed by atoms with Crippen molar-refractivity contribution in [3.05, 3.63) is 64.8 Å². The molecule has 0 saturated heterocycles. The maximum Gasteiger partial charge on any atom is 0.407 e. The van der Waals surface area contributed by atoms with Gasteiger partial charge in [-0.15, -0.1) is 0 Å². The lowest BCUT2D eigenvalue weighted by Crippen LogP contribution is -2.33. The Bertz CT molecular complexity index is 1070. The lowest BCUT2D eigenvalue weighted by atomic mass is 10.1. The highest BCUT2D eigenvalue weighted by atomic mass is 35.5. The number of hydrogen-bond acceptors (Lipinski definition) is 8. The van der Waals surface area contributed by atoms with Gasteiger partial charge in [-0.25, -0.2) is 19.7 Å². The van der Waals surface area contributed by atoms with Crippen LogP contribution in [0.25, 0.3) is 0 Å². The first kappa shape index (κ1) is 24.2. The molecule has 0 radical (unpaired) electrons. The van der Waals surface area contributed by atoms with Crippen LogP contribution in [0.5, 0.6) is 11.6 Å². The van der Waals surface area contributed by atoms with Crippen LogP contribution in [0.3, 0.4) is 0 Å². The van der Waals surface area contributed by atoms with Crippen molar-refractivity contribution >= 4 is 23.6 Å². The Morgan fingerprint density at radius 1 is 1.09 bits per heavy atom. The van der Waals surface area contributed by atoms with E-state index in [1.165, 1.54) is 12.4 Å². The van der Waals surface area contributed by atoms with Gasteiger partial charge in [0.1, 0.15) is 17.2 Å². The number of carbonyl (C=O) groups is 1. The molecular formula is C23H27ClN6O3. The van der Waals surface area contributed by atoms with Gasteiger partial charge in [-0.1, -0.05) is 23.7 Å². The Balaban J connectivity index is 1.52. The van der Waals surface area contributed by atoms with Gasteiger partial charge in [0.05, 0.1) is 29.7 Å². The number of alkyl carbamates (subject to hydrolysis) is 1. The minimum absolute atomic E-state index is 0.408. The second kappa shape index (κ2) is 10.9. The van der Waals surface area contributed by atoms with E-state index in [-0.39, 0.29) is 0 Å². The maximum atomic E-state index is 11.7. The third-order valence-electron chi connectivity index (χ3n) is 4.14. The van der Waals surface area contributed by atoms with Gasteiger partial charge in [0.15, 0.2) is 0 Å². The quantitative estimate of drug-likeness (QED) is 0.487. The van der Waals surface area contributed by atoms with Crippen LogP contribution in [0, 0.1) is 6.92 Å². The molecule has 1 amide bonds. The van der Waals surface area contributed by atoms with Crippen molar-refractivity contribution in [3.63, 3.8) is 0 Å². The monoisotopic (exact) mass is 470 g/mol. The molecule has 174 valence electrons. The molecule has 3 rings (SSSR count). The van der Waals surface area contributed by atoms with Gasteiger partial charge in [0.25, 0.3) is 0 Å². The number of hydrogen-bond donors (Lipinski definition) is 2. The highest BCUT2D eigenvalue weighted by Gasteiger charge is 2.15. The Labute approximate surface area is 198 Å². The smallest absolute Gasteiger partial charge is 0.407 e. The van der Waals surface area contributed by atoms with E-state index in [1.807, 2.05) is 45.0 Å². The fourth-order valence-corrected chi connectivity index (χ4v) is 2.88. The van der Waals surface area contributed by atoms with E-state index in [9.17, 15) is 4.79 Å². The minimum Gasteiger partial charge on any atom is -0.444 e. The number of rotatable bonds is 8. The number of nitrogens with one attached hydrogen (secondary N) is 2. The largest absolute Gasteiger partial charge is 0.444 e. The summed E-state index contributed by atoms with van der Waals surface area (Å²) >= 11 is 5.80. The third kappa shape index (κ3) is 8.53. The highest BCUT2D eigenvalue weighted by molar-refractivity contribution is 6.30. The van der Waals surface area contributed by atoms with Crippen LogP contribution in [0.1, 0.15) is 37.9 Å². The molecule has 2 aromatic heterocycles. The number of anilines is 1. The number of ether oxygens (including phenoxy) is 2. The van der Waals surface area contributed by atoms with Crippen LogP contribution in [0.2, 0.25) is 5.02 Å². The molecule has 0 aliphatic heterocycles. The molecule has 0 fully saturated rings. The highest BCUT2D eigenvalue weighted by Crippen LogP contribution is 2.21. The summed E-state index contributed by atoms with van der Waals surface area (Å²) in [5.41, 5.74) is 1.29. The van der Waals surface area contributed by atoms with Gasteiger partial charge in [-0.2, -0.15) is 4.98 Å². The number of aromatic nitrogens is 4. The summed E-state index contributed by atoms with van der Waals surface area (Å²) in [6.07, 6.45) is 3.30. The number of halogens is 1. The van der Waals surface area contributed by atoms with Crippen molar-refractivity contribution in [1.82, 2.24) is 25.3 Å². The number of aryl methyl sites for hydroxylation is 1. The van der Waals surface area contributed by atoms with E-state index >= 15 is 0 Å². The van der Waals surface area contributed by atoms with Crippen molar-refractivity contribution in [2.75, 3.05) is 11.9 Å². The Hall–Kier alpha value is -3.46. The summed E-state index contributed by atoms with van der Waals surface area (Å²) in [5, 5.41) is 6.31. The standard InChI is InChI=1S/C23H27ClN6O3/c1-15-29-18(14-28-21-26-12-17(24)13-27-21)11-20(30-15)32-19-7-5-16(6-8-19)9-10-25-22(31)33-23(2,3)4/h5-8,11-13H,9-10,14H2,1-4H3,(H,25,31)(H,26,27,28). The molecule has 0 aliphatic carbocycles. The molecule has 9 nitrogen and oxygen atoms in total. The van der Waals surface area contributed by atoms with Crippen molar-refractivity contribution in [2.24, 2.45) is 0 Å². The zero-order valence-corrected chi connectivity index (χ0v) is 19.8. The Morgan fingerprint density at radius 3 is 2.45 bits per heavy atom. The second-order valence-corrected chi connectivity index (χ2v) is 8.68. The molecular weight excluding hydrogens is 444 g/mol. The third-order valence-corrected chi connectivity index (χ3v) is 4.34. The number of carbonyl (C=O) groups excluding carboxylic acids is 1. The van der Waals surface area contributed by atoms with Crippen LogP contribution in [-0.2, 0) is 17.7 Å². The van der Waals surface area contributed by atoms with E-state index in [0.29, 0.717) is 47.9 Å². The molecule has 0 atom stereocenters. The first-order valence-electron chi connectivity index (χ1n) is 10.5. The molecule has 33 heavy (non-hydrogen) atoms. The summed E-state index contributed by atoms with van der Waals surface area (Å²) in [6.45, 7) is 8.18. The molecule has 0 saturated carbocycles. The molecule has 3 aromatic rings. The summed E-state index contributed by atoms with van der Waals surface area (Å²) < 4.78 is 11.1. The zero-order valence-electron chi connectivity index (χ0n) is 19.1. The predicted molar refractivity (Wildman–Crippen MR) is 126 cm³/mol. The van der Waals surface area contributed by atoms with Crippen LogP contribution in [-0.4, -0.2) is 38.2 Å². The predicted octanol–water partition coefficient (Wildman–Crippen LogP) is 4.70. The lowest BCUT2D eigenvalue weighted by Gasteiger charge is -2.19. The summed E-state index contributed by atoms with van der Waals surface area (Å²) in [7, 11) is 0. The van der Waals surface area contributed by atoms with Crippen molar-refractivity contribution in [2.45, 2.75) is 46.3 Å². The second-order valence-electron chi connectivity index (χ2n) is 8.25. The molecule has 0 aliphatic rings. The van der Waals surface area contributed by atoms with E-state index in [0.717, 1.165) is 11.3 Å². The molecule has 0 bridgehead atoms. The molecule has 2 N–H and O–H groups in total. The van der Waals surface area contributed by atoms with Crippen LogP contribution >= 0.6 is 11.6 Å². The van der Waals surface area contributed by atoms with Gasteiger partial charge in [-0.3, -0.25) is 0 Å². The molecule has 0 spiro atoms. The van der Waals surface area contributed by atoms with Gasteiger partial charge < -0.3 is 20.1 Å². The van der Waals surface area contributed by atoms with Crippen LogP contribution in [0.4, 0.5) is 10.7 Å². The van der Waals surface area contributed by atoms with Gasteiger partial charge in [-0.05, 0) is 51.8 Å². The number of amides is 1. The fraction of sp³-hybridized carbons (Fsp3) is 0.348. The normalized spacial score (nSPS) is 11.1. The minimum atomic E-state index is -0.512. The molecule has 1 aromatic carbocycles. The van der Waals surface area contributed by atoms with Crippen LogP contribution in [0.15, 0.2) is 42.7 Å². The fourth-order valence-electron chi connectivity index (χ4n) is 2.78. The molecule has 10 heteroatoms. The van der Waals surface area contributed by atoms with Gasteiger partial charge >= 0.3 is 6.09 Å². The van der Waals surface area contributed by atoms with Gasteiger partial charge in [0.2, 0.25) is 11.8 Å². The Morgan fingerprint density at radius 2 is 1.79 bits per heavy atom. The SMILES string of the molecule is Cc1nc(CNc2ncc(Cl)cn2)cc(Oc2ccc(CCNC(=O)OC(C)(C)C)cc2)n1. The van der Waals surface area contributed by atoms with E-state index < -0.39 is 11.7 Å². The van der Waals surface area contributed by atoms with Crippen molar-refractivity contribution in [3.8, 4) is 11.6 Å². The lowest BCUT2D eigenvalue weighted by molar-refractivity contribution is 0.0528. The van der Waals surface area contributed by atoms with E-state index in [2.05, 4.69) is 30.6 Å². The van der Waals surface area contributed by atoms with E-state index in [1.54, 1.807) is 13.0 Å². The average Bonchev–Trinajstić information content (AvgIpc) is 2.73. The maximum absolute atomic E-state index is 11.7. The number of nitrogens with zero attached hydrogens (tertiary/aromatic N) is 4. The first-order chi connectivity index (χ1) is 15.7. The van der Waals surface area contributed by atoms with Gasteiger partial charge in [0, 0.05) is 12.6 Å². The topological polar surface area (TPSA) is 111 Å². The Kier molecular flexibility index (Phi) is 8.00. The van der Waals surface area contributed by atoms with Crippen LogP contribution < -0.4 is 15.4 Å². The average molecular weight is 471 g/mol. The summed E-state index contributed by atoms with van der Waals surface area (Å²) in [6, 6.07) is 9.37. The summed E-state index contributed by atoms with van der Waals surface area (Å²) in [4.78, 5) is 28.7.